The lowest BCUT2D eigenvalue weighted by Crippen LogP contribution is -2.41. The molecular weight excluding hydrogens is 267 g/mol. The van der Waals surface area contributed by atoms with Crippen LogP contribution in [0.1, 0.15) is 13.3 Å². The highest BCUT2D eigenvalue weighted by Crippen LogP contribution is 2.18. The van der Waals surface area contributed by atoms with Gasteiger partial charge >= 0.3 is 12.0 Å². The van der Waals surface area contributed by atoms with Gasteiger partial charge in [0.2, 0.25) is 0 Å². The summed E-state index contributed by atoms with van der Waals surface area (Å²) in [6, 6.07) is 5.32. The fourth-order valence-electron chi connectivity index (χ4n) is 1.63. The number of carbonyl (C=O) groups excluding carboxylic acids is 1. The van der Waals surface area contributed by atoms with Gasteiger partial charge in [0.05, 0.1) is 5.69 Å². The first kappa shape index (κ1) is 15.9. The molecule has 3 N–H and O–H groups in total. The Bertz CT molecular complexity index is 481. The predicted octanol–water partition coefficient (Wildman–Crippen LogP) is 1.20. The lowest BCUT2D eigenvalue weighted by atomic mass is 10.2. The summed E-state index contributed by atoms with van der Waals surface area (Å²) in [4.78, 5) is 23.5. The van der Waals surface area contributed by atoms with E-state index < -0.39 is 23.9 Å². The van der Waals surface area contributed by atoms with E-state index in [2.05, 4.69) is 5.32 Å². The fraction of sp³-hybridized carbons (Fsp3) is 0.385. The van der Waals surface area contributed by atoms with Crippen molar-refractivity contribution < 1.29 is 24.2 Å². The highest BCUT2D eigenvalue weighted by molar-refractivity contribution is 5.92. The fourth-order valence-corrected chi connectivity index (χ4v) is 1.63. The van der Waals surface area contributed by atoms with Crippen LogP contribution in [0.25, 0.3) is 0 Å². The molecule has 0 fully saturated rings. The molecule has 0 aliphatic heterocycles. The number of benzene rings is 1. The number of carbonyl (C=O) groups is 2. The van der Waals surface area contributed by atoms with E-state index in [1.54, 1.807) is 13.0 Å². The molecule has 0 radical (unpaired) electrons. The predicted molar refractivity (Wildman–Crippen MR) is 71.1 cm³/mol. The summed E-state index contributed by atoms with van der Waals surface area (Å²) in [5, 5.41) is 20.0. The van der Waals surface area contributed by atoms with Gasteiger partial charge in [-0.2, -0.15) is 0 Å². The summed E-state index contributed by atoms with van der Waals surface area (Å²) in [5.74, 6) is -1.87. The number of carboxylic acid groups (broad SMARTS) is 1. The summed E-state index contributed by atoms with van der Waals surface area (Å²) < 4.78 is 13.6. The second-order valence-electron chi connectivity index (χ2n) is 4.07. The minimum atomic E-state index is -1.53. The number of hydrogen-bond donors (Lipinski definition) is 3. The Kier molecular flexibility index (Phi) is 5.92. The number of hydrogen-bond acceptors (Lipinski definition) is 3. The van der Waals surface area contributed by atoms with E-state index in [1.165, 1.54) is 23.1 Å². The lowest BCUT2D eigenvalue weighted by molar-refractivity contribution is -0.146. The first-order chi connectivity index (χ1) is 9.47. The van der Waals surface area contributed by atoms with E-state index in [4.69, 9.17) is 10.2 Å². The maximum Gasteiger partial charge on any atom is 0.332 e. The standard InChI is InChI=1S/C13H17FN2O4/c1-2-16(10-6-4-3-5-9(10)14)13(20)15-8-7-11(17)12(18)19/h3-6,11,17H,2,7-8H2,1H3,(H,15,20)(H,18,19)/t11-/m0/s1. The number of nitrogens with zero attached hydrogens (tertiary/aromatic N) is 1. The number of amides is 2. The van der Waals surface area contributed by atoms with Gasteiger partial charge in [-0.1, -0.05) is 12.1 Å². The Morgan fingerprint density at radius 3 is 2.60 bits per heavy atom. The van der Waals surface area contributed by atoms with Crippen molar-refractivity contribution in [2.24, 2.45) is 0 Å². The Morgan fingerprint density at radius 2 is 2.05 bits per heavy atom. The molecule has 1 aromatic carbocycles. The summed E-state index contributed by atoms with van der Waals surface area (Å²) in [7, 11) is 0. The molecule has 20 heavy (non-hydrogen) atoms. The second-order valence-corrected chi connectivity index (χ2v) is 4.07. The van der Waals surface area contributed by atoms with Crippen LogP contribution in [-0.4, -0.2) is 41.4 Å². The number of urea groups is 1. The van der Waals surface area contributed by atoms with Crippen molar-refractivity contribution in [3.05, 3.63) is 30.1 Å². The number of rotatable bonds is 6. The maximum absolute atomic E-state index is 13.6. The van der Waals surface area contributed by atoms with Crippen LogP contribution < -0.4 is 10.2 Å². The van der Waals surface area contributed by atoms with E-state index in [-0.39, 0.29) is 25.2 Å². The maximum atomic E-state index is 13.6. The van der Waals surface area contributed by atoms with Gasteiger partial charge < -0.3 is 15.5 Å². The molecule has 1 atom stereocenters. The zero-order valence-corrected chi connectivity index (χ0v) is 11.0. The van der Waals surface area contributed by atoms with Crippen molar-refractivity contribution >= 4 is 17.7 Å². The number of nitrogens with one attached hydrogen (secondary N) is 1. The van der Waals surface area contributed by atoms with Gasteiger partial charge in [0.1, 0.15) is 5.82 Å². The molecule has 0 saturated carbocycles. The number of halogens is 1. The SMILES string of the molecule is CCN(C(=O)NCC[C@H](O)C(=O)O)c1ccccc1F. The van der Waals surface area contributed by atoms with Crippen LogP contribution in [0.3, 0.4) is 0 Å². The quantitative estimate of drug-likeness (QED) is 0.732. The van der Waals surface area contributed by atoms with E-state index in [0.717, 1.165) is 0 Å². The van der Waals surface area contributed by atoms with Gasteiger partial charge in [-0.05, 0) is 19.1 Å². The monoisotopic (exact) mass is 284 g/mol. The normalized spacial score (nSPS) is 11.8. The zero-order valence-electron chi connectivity index (χ0n) is 11.0. The Balaban J connectivity index is 2.60. The first-order valence-electron chi connectivity index (χ1n) is 6.18. The van der Waals surface area contributed by atoms with Gasteiger partial charge in [-0.25, -0.2) is 14.0 Å². The van der Waals surface area contributed by atoms with Gasteiger partial charge in [0.25, 0.3) is 0 Å². The van der Waals surface area contributed by atoms with Crippen molar-refractivity contribution in [2.75, 3.05) is 18.0 Å². The Labute approximate surface area is 115 Å². The Hall–Kier alpha value is -2.15. The van der Waals surface area contributed by atoms with Crippen molar-refractivity contribution in [3.8, 4) is 0 Å². The highest BCUT2D eigenvalue weighted by Gasteiger charge is 2.18. The minimum Gasteiger partial charge on any atom is -0.479 e. The molecule has 6 nitrogen and oxygen atoms in total. The summed E-state index contributed by atoms with van der Waals surface area (Å²) in [5.41, 5.74) is 0.145. The molecule has 110 valence electrons. The van der Waals surface area contributed by atoms with E-state index in [9.17, 15) is 14.0 Å². The van der Waals surface area contributed by atoms with Crippen molar-refractivity contribution in [1.82, 2.24) is 5.32 Å². The molecule has 0 saturated heterocycles. The third-order valence-corrected chi connectivity index (χ3v) is 2.68. The van der Waals surface area contributed by atoms with E-state index in [1.807, 2.05) is 0 Å². The molecule has 0 spiro atoms. The zero-order chi connectivity index (χ0) is 15.1. The van der Waals surface area contributed by atoms with Crippen LogP contribution in [0.5, 0.6) is 0 Å². The van der Waals surface area contributed by atoms with Crippen molar-refractivity contribution in [3.63, 3.8) is 0 Å². The van der Waals surface area contributed by atoms with Gasteiger partial charge in [-0.3, -0.25) is 4.90 Å². The minimum absolute atomic E-state index is 0.0166. The first-order valence-corrected chi connectivity index (χ1v) is 6.18. The van der Waals surface area contributed by atoms with Crippen LogP contribution in [0.15, 0.2) is 24.3 Å². The van der Waals surface area contributed by atoms with Crippen LogP contribution >= 0.6 is 0 Å². The number of carboxylic acids is 1. The summed E-state index contributed by atoms with van der Waals surface area (Å²) in [6.45, 7) is 1.93. The van der Waals surface area contributed by atoms with Gasteiger partial charge in [-0.15, -0.1) is 0 Å². The molecule has 1 aromatic rings. The summed E-state index contributed by atoms with van der Waals surface area (Å²) >= 11 is 0. The number of para-hydroxylation sites is 1. The van der Waals surface area contributed by atoms with Crippen LogP contribution in [0.2, 0.25) is 0 Å². The smallest absolute Gasteiger partial charge is 0.332 e. The van der Waals surface area contributed by atoms with Crippen molar-refractivity contribution in [1.29, 1.82) is 0 Å². The topological polar surface area (TPSA) is 89.9 Å². The second kappa shape index (κ2) is 7.44. The van der Waals surface area contributed by atoms with E-state index >= 15 is 0 Å². The summed E-state index contributed by atoms with van der Waals surface area (Å²) in [6.07, 6.45) is -1.64. The molecule has 0 aromatic heterocycles. The highest BCUT2D eigenvalue weighted by atomic mass is 19.1. The van der Waals surface area contributed by atoms with Crippen LogP contribution in [-0.2, 0) is 4.79 Å². The number of anilines is 1. The number of aliphatic hydroxyl groups excluding tert-OH is 1. The molecule has 1 rings (SSSR count). The third kappa shape index (κ3) is 4.20. The number of aliphatic carboxylic acids is 1. The third-order valence-electron chi connectivity index (χ3n) is 2.68. The van der Waals surface area contributed by atoms with Gasteiger partial charge in [0, 0.05) is 19.5 Å². The molecule has 0 bridgehead atoms. The van der Waals surface area contributed by atoms with Crippen LogP contribution in [0.4, 0.5) is 14.9 Å². The molecule has 2 amide bonds. The number of aliphatic hydroxyl groups is 1. The van der Waals surface area contributed by atoms with Crippen molar-refractivity contribution in [2.45, 2.75) is 19.4 Å². The average Bonchev–Trinajstić information content (AvgIpc) is 2.41. The molecule has 0 aliphatic carbocycles. The average molecular weight is 284 g/mol. The molecule has 0 heterocycles. The molecule has 0 unspecified atom stereocenters. The molecular formula is C13H17FN2O4. The van der Waals surface area contributed by atoms with E-state index in [0.29, 0.717) is 0 Å². The van der Waals surface area contributed by atoms with Gasteiger partial charge in [0.15, 0.2) is 6.10 Å². The molecule has 0 aliphatic rings. The lowest BCUT2D eigenvalue weighted by Gasteiger charge is -2.22. The molecule has 7 heteroatoms. The largest absolute Gasteiger partial charge is 0.479 e. The van der Waals surface area contributed by atoms with Crippen LogP contribution in [0, 0.1) is 5.82 Å². The Morgan fingerprint density at radius 1 is 1.40 bits per heavy atom.